The second-order valence-electron chi connectivity index (χ2n) is 3.59. The van der Waals surface area contributed by atoms with Gasteiger partial charge in [-0.2, -0.15) is 0 Å². The van der Waals surface area contributed by atoms with Crippen LogP contribution in [0.2, 0.25) is 0 Å². The number of nitrogens with one attached hydrogen (secondary N) is 1. The highest BCUT2D eigenvalue weighted by molar-refractivity contribution is 6.15. The predicted octanol–water partition coefficient (Wildman–Crippen LogP) is -0.386. The van der Waals surface area contributed by atoms with Crippen molar-refractivity contribution in [2.24, 2.45) is 5.73 Å². The lowest BCUT2D eigenvalue weighted by atomic mass is 9.78. The third-order valence-electron chi connectivity index (χ3n) is 2.60. The zero-order valence-corrected chi connectivity index (χ0v) is 8.09. The maximum atomic E-state index is 11.6. The average Bonchev–Trinajstić information content (AvgIpc) is 2.10. The zero-order chi connectivity index (χ0) is 10.1. The molecule has 0 aliphatic heterocycles. The predicted molar refractivity (Wildman–Crippen MR) is 49.3 cm³/mol. The quantitative estimate of drug-likeness (QED) is 0.573. The van der Waals surface area contributed by atoms with Crippen LogP contribution in [0.5, 0.6) is 0 Å². The summed E-state index contributed by atoms with van der Waals surface area (Å²) in [7, 11) is 0. The van der Waals surface area contributed by atoms with Crippen molar-refractivity contribution in [3.63, 3.8) is 0 Å². The topological polar surface area (TPSA) is 72.2 Å². The largest absolute Gasteiger partial charge is 0.321 e. The molecule has 0 saturated heterocycles. The van der Waals surface area contributed by atoms with Gasteiger partial charge in [-0.3, -0.25) is 14.9 Å². The number of Topliss-reactive ketones (excluding diaryl/α,β-unsaturated/α-hetero) is 2. The molecule has 1 saturated carbocycles. The van der Waals surface area contributed by atoms with E-state index in [2.05, 4.69) is 5.32 Å². The van der Waals surface area contributed by atoms with Crippen LogP contribution >= 0.6 is 0 Å². The Bertz CT molecular complexity index is 240. The molecule has 2 atom stereocenters. The Hall–Kier alpha value is -0.740. The second-order valence-corrected chi connectivity index (χ2v) is 3.59. The lowest BCUT2D eigenvalue weighted by Crippen LogP contribution is -2.63. The van der Waals surface area contributed by atoms with Gasteiger partial charge in [-0.15, -0.1) is 0 Å². The number of ketones is 2. The van der Waals surface area contributed by atoms with Crippen molar-refractivity contribution in [2.75, 3.05) is 6.54 Å². The van der Waals surface area contributed by atoms with E-state index in [1.54, 1.807) is 6.92 Å². The summed E-state index contributed by atoms with van der Waals surface area (Å²) in [6.45, 7) is 4.09. The van der Waals surface area contributed by atoms with Crippen molar-refractivity contribution in [1.82, 2.24) is 5.32 Å². The summed E-state index contributed by atoms with van der Waals surface area (Å²) in [5.74, 6) is -0.216. The Morgan fingerprint density at radius 1 is 1.62 bits per heavy atom. The first-order chi connectivity index (χ1) is 6.02. The van der Waals surface area contributed by atoms with E-state index in [1.165, 1.54) is 0 Å². The van der Waals surface area contributed by atoms with E-state index in [0.29, 0.717) is 19.4 Å². The number of hydrogen-bond donors (Lipinski definition) is 2. The summed E-state index contributed by atoms with van der Waals surface area (Å²) >= 11 is 0. The van der Waals surface area contributed by atoms with Crippen molar-refractivity contribution in [1.29, 1.82) is 0 Å². The molecular formula is C9H16N2O2. The fourth-order valence-corrected chi connectivity index (χ4v) is 1.72. The Balaban J connectivity index is 2.88. The van der Waals surface area contributed by atoms with Crippen LogP contribution in [-0.4, -0.2) is 29.7 Å². The Morgan fingerprint density at radius 3 is 2.77 bits per heavy atom. The molecule has 0 bridgehead atoms. The molecule has 1 rings (SSSR count). The van der Waals surface area contributed by atoms with Gasteiger partial charge in [0.2, 0.25) is 0 Å². The van der Waals surface area contributed by atoms with Gasteiger partial charge >= 0.3 is 0 Å². The van der Waals surface area contributed by atoms with Gasteiger partial charge in [-0.1, -0.05) is 6.92 Å². The summed E-state index contributed by atoms with van der Waals surface area (Å²) in [6.07, 6.45) is 0.884. The Labute approximate surface area is 77.9 Å². The lowest BCUT2D eigenvalue weighted by Gasteiger charge is -2.34. The number of carbonyl (C=O) groups is 2. The standard InChI is InChI=1S/C9H16N2O2/c1-3-11-9(2)7(12)5-4-6(10)8(9)13/h6,11H,3-5,10H2,1-2H3. The van der Waals surface area contributed by atoms with Gasteiger partial charge in [-0.05, 0) is 19.9 Å². The van der Waals surface area contributed by atoms with Crippen molar-refractivity contribution < 1.29 is 9.59 Å². The van der Waals surface area contributed by atoms with Crippen molar-refractivity contribution in [3.05, 3.63) is 0 Å². The fourth-order valence-electron chi connectivity index (χ4n) is 1.72. The molecule has 2 unspecified atom stereocenters. The molecule has 1 aliphatic rings. The number of likely N-dealkylation sites (N-methyl/N-ethyl adjacent to an activating group) is 1. The maximum Gasteiger partial charge on any atom is 0.176 e. The van der Waals surface area contributed by atoms with Crippen LogP contribution in [0.1, 0.15) is 26.7 Å². The number of hydrogen-bond acceptors (Lipinski definition) is 4. The molecule has 0 radical (unpaired) electrons. The number of rotatable bonds is 2. The van der Waals surface area contributed by atoms with Gasteiger partial charge in [0.1, 0.15) is 5.54 Å². The van der Waals surface area contributed by atoms with Crippen LogP contribution in [0.4, 0.5) is 0 Å². The summed E-state index contributed by atoms with van der Waals surface area (Å²) < 4.78 is 0. The van der Waals surface area contributed by atoms with Crippen LogP contribution in [0.3, 0.4) is 0 Å². The van der Waals surface area contributed by atoms with Gasteiger partial charge in [-0.25, -0.2) is 0 Å². The molecule has 4 nitrogen and oxygen atoms in total. The van der Waals surface area contributed by atoms with Gasteiger partial charge in [0, 0.05) is 6.42 Å². The van der Waals surface area contributed by atoms with Gasteiger partial charge in [0.25, 0.3) is 0 Å². The number of nitrogens with two attached hydrogens (primary N) is 1. The summed E-state index contributed by atoms with van der Waals surface area (Å²) in [5, 5.41) is 2.91. The summed E-state index contributed by atoms with van der Waals surface area (Å²) in [6, 6.07) is -0.484. The van der Waals surface area contributed by atoms with E-state index in [1.807, 2.05) is 6.92 Å². The van der Waals surface area contributed by atoms with Crippen LogP contribution in [-0.2, 0) is 9.59 Å². The van der Waals surface area contributed by atoms with Crippen LogP contribution in [0.15, 0.2) is 0 Å². The fraction of sp³-hybridized carbons (Fsp3) is 0.778. The van der Waals surface area contributed by atoms with Gasteiger partial charge in [0.15, 0.2) is 11.6 Å². The Morgan fingerprint density at radius 2 is 2.23 bits per heavy atom. The van der Waals surface area contributed by atoms with Gasteiger partial charge in [0.05, 0.1) is 6.04 Å². The van der Waals surface area contributed by atoms with E-state index in [9.17, 15) is 9.59 Å². The van der Waals surface area contributed by atoms with Gasteiger partial charge < -0.3 is 5.73 Å². The van der Waals surface area contributed by atoms with Crippen molar-refractivity contribution in [3.8, 4) is 0 Å². The van der Waals surface area contributed by atoms with E-state index in [-0.39, 0.29) is 11.6 Å². The molecule has 3 N–H and O–H groups in total. The third kappa shape index (κ3) is 1.64. The van der Waals surface area contributed by atoms with E-state index in [0.717, 1.165) is 0 Å². The normalized spacial score (nSPS) is 35.2. The minimum atomic E-state index is -1.04. The van der Waals surface area contributed by atoms with Crippen molar-refractivity contribution >= 4 is 11.6 Å². The van der Waals surface area contributed by atoms with E-state index < -0.39 is 11.6 Å². The first-order valence-corrected chi connectivity index (χ1v) is 4.60. The molecule has 1 fully saturated rings. The average molecular weight is 184 g/mol. The third-order valence-corrected chi connectivity index (χ3v) is 2.60. The highest BCUT2D eigenvalue weighted by Gasteiger charge is 2.45. The van der Waals surface area contributed by atoms with E-state index >= 15 is 0 Å². The second kappa shape index (κ2) is 3.55. The van der Waals surface area contributed by atoms with Crippen LogP contribution < -0.4 is 11.1 Å². The number of carbonyl (C=O) groups excluding carboxylic acids is 2. The molecule has 74 valence electrons. The van der Waals surface area contributed by atoms with Crippen molar-refractivity contribution in [2.45, 2.75) is 38.3 Å². The summed E-state index contributed by atoms with van der Waals surface area (Å²) in [4.78, 5) is 23.2. The molecule has 0 amide bonds. The summed E-state index contributed by atoms with van der Waals surface area (Å²) in [5.41, 5.74) is 4.57. The molecular weight excluding hydrogens is 168 g/mol. The molecule has 13 heavy (non-hydrogen) atoms. The first kappa shape index (κ1) is 10.3. The molecule has 0 heterocycles. The first-order valence-electron chi connectivity index (χ1n) is 4.60. The highest BCUT2D eigenvalue weighted by Crippen LogP contribution is 2.20. The molecule has 0 aromatic heterocycles. The van der Waals surface area contributed by atoms with E-state index in [4.69, 9.17) is 5.73 Å². The van der Waals surface area contributed by atoms with Crippen LogP contribution in [0.25, 0.3) is 0 Å². The SMILES string of the molecule is CCNC1(C)C(=O)CCC(N)C1=O. The maximum absolute atomic E-state index is 11.6. The smallest absolute Gasteiger partial charge is 0.176 e. The molecule has 0 aromatic rings. The monoisotopic (exact) mass is 184 g/mol. The van der Waals surface area contributed by atoms with Crippen LogP contribution in [0, 0.1) is 0 Å². The Kier molecular flexibility index (Phi) is 2.83. The minimum Gasteiger partial charge on any atom is -0.321 e. The lowest BCUT2D eigenvalue weighted by molar-refractivity contribution is -0.139. The molecule has 0 aromatic carbocycles. The highest BCUT2D eigenvalue weighted by atomic mass is 16.2. The molecule has 1 aliphatic carbocycles. The minimum absolute atomic E-state index is 0.0407. The zero-order valence-electron chi connectivity index (χ0n) is 8.09. The molecule has 4 heteroatoms. The molecule has 0 spiro atoms.